The molecule has 3 aromatic carbocycles. The van der Waals surface area contributed by atoms with Crippen LogP contribution in [0.15, 0.2) is 82.8 Å². The predicted octanol–water partition coefficient (Wildman–Crippen LogP) is 10.1. The van der Waals surface area contributed by atoms with E-state index < -0.39 is 40.1 Å². The maximum Gasteiger partial charge on any atom is 0.428 e. The summed E-state index contributed by atoms with van der Waals surface area (Å²) in [6.07, 6.45) is -4.78. The first kappa shape index (κ1) is 46.5. The van der Waals surface area contributed by atoms with E-state index in [1.165, 1.54) is 61.4 Å². The lowest BCUT2D eigenvalue weighted by molar-refractivity contribution is -0.385. The van der Waals surface area contributed by atoms with Crippen molar-refractivity contribution in [2.24, 2.45) is 21.8 Å². The van der Waals surface area contributed by atoms with Gasteiger partial charge in [0.2, 0.25) is 0 Å². The Morgan fingerprint density at radius 3 is 2.14 bits per heavy atom. The van der Waals surface area contributed by atoms with Crippen LogP contribution >= 0.6 is 11.6 Å². The number of aliphatic hydroxyl groups is 1. The molecule has 1 aromatic heterocycles. The lowest BCUT2D eigenvalue weighted by Crippen LogP contribution is -2.55. The Morgan fingerprint density at radius 2 is 1.63 bits per heavy atom. The second kappa shape index (κ2) is 20.2. The van der Waals surface area contributed by atoms with Crippen LogP contribution in [-0.4, -0.2) is 81.4 Å². The number of non-ortho nitro benzene ring substituents is 2. The quantitative estimate of drug-likeness (QED) is 0.0543. The number of nitro groups is 2. The number of aliphatic hydroxyl groups excluding tert-OH is 1. The first-order chi connectivity index (χ1) is 27.7. The number of fused-ring (bicyclic) bond motifs is 4. The molecule has 0 radical (unpaired) electrons. The van der Waals surface area contributed by atoms with E-state index in [1.807, 2.05) is 24.3 Å². The molecule has 318 valence electrons. The van der Waals surface area contributed by atoms with Crippen LogP contribution in [0.3, 0.4) is 0 Å². The number of pyridine rings is 1. The number of aliphatic imine (C=N–C) groups is 2. The minimum Gasteiger partial charge on any atom is -0.497 e. The Hall–Kier alpha value is -5.20. The number of piperidine rings is 3. The van der Waals surface area contributed by atoms with E-state index in [0.717, 1.165) is 73.6 Å². The number of methoxy groups -OCH3 is 1. The van der Waals surface area contributed by atoms with Crippen molar-refractivity contribution in [2.45, 2.75) is 77.1 Å². The summed E-state index contributed by atoms with van der Waals surface area (Å²) in [7, 11) is 1.65. The molecule has 3 fully saturated rings. The van der Waals surface area contributed by atoms with Crippen LogP contribution in [0.2, 0.25) is 5.15 Å². The minimum atomic E-state index is -4.43. The third-order valence-electron chi connectivity index (χ3n) is 10.2. The Morgan fingerprint density at radius 1 is 1.02 bits per heavy atom. The molecular weight excluding hydrogens is 810 g/mol. The fourth-order valence-corrected chi connectivity index (χ4v) is 6.94. The summed E-state index contributed by atoms with van der Waals surface area (Å²) < 4.78 is 78.0. The summed E-state index contributed by atoms with van der Waals surface area (Å²) in [6, 6.07) is 16.2. The molecule has 0 amide bonds. The van der Waals surface area contributed by atoms with Crippen LogP contribution < -0.4 is 4.74 Å². The van der Waals surface area contributed by atoms with Crippen molar-refractivity contribution in [1.29, 1.82) is 0 Å². The van der Waals surface area contributed by atoms with E-state index in [1.54, 1.807) is 7.11 Å². The summed E-state index contributed by atoms with van der Waals surface area (Å²) in [4.78, 5) is 33.1. The number of nitro benzene ring substituents is 2. The Kier molecular flexibility index (Phi) is 15.9. The van der Waals surface area contributed by atoms with E-state index in [-0.39, 0.29) is 24.0 Å². The van der Waals surface area contributed by atoms with Crippen LogP contribution in [0.1, 0.15) is 62.8 Å². The van der Waals surface area contributed by atoms with E-state index in [4.69, 9.17) is 16.3 Å². The zero-order chi connectivity index (χ0) is 43.7. The van der Waals surface area contributed by atoms with E-state index in [0.29, 0.717) is 16.3 Å². The second-order valence-corrected chi connectivity index (χ2v) is 14.4. The molecule has 12 nitrogen and oxygen atoms in total. The Bertz CT molecular complexity index is 2120. The Labute approximate surface area is 340 Å². The lowest BCUT2D eigenvalue weighted by Gasteiger charge is -2.51. The highest BCUT2D eigenvalue weighted by atomic mass is 35.5. The molecule has 3 aliphatic heterocycles. The van der Waals surface area contributed by atoms with Crippen molar-refractivity contribution < 1.29 is 46.0 Å². The van der Waals surface area contributed by atoms with E-state index in [9.17, 15) is 51.7 Å². The SMILES string of the molecule is CC(=NCc1ccc([N+](=O)[O-])cc1)C(F)(F)F.CC(N=Cc1ccc([N+](=O)[O-])cc1)C(F)(F)F.CCC1CN2CCC1CC2[C@@H](O)c1cc(Cl)nc2ccc(OC)cc12. The van der Waals surface area contributed by atoms with Crippen LogP contribution in [-0.2, 0) is 6.54 Å². The fraction of sp³-hybridized carbons (Fsp3) is 0.425. The molecule has 0 saturated carbocycles. The van der Waals surface area contributed by atoms with Gasteiger partial charge < -0.3 is 9.84 Å². The summed E-state index contributed by atoms with van der Waals surface area (Å²) in [5, 5.41) is 33.3. The summed E-state index contributed by atoms with van der Waals surface area (Å²) >= 11 is 6.24. The van der Waals surface area contributed by atoms with E-state index in [2.05, 4.69) is 26.8 Å². The third kappa shape index (κ3) is 12.9. The molecule has 19 heteroatoms. The number of aromatic nitrogens is 1. The Balaban J connectivity index is 0.000000202. The summed E-state index contributed by atoms with van der Waals surface area (Å²) in [6.45, 7) is 6.13. The van der Waals surface area contributed by atoms with Gasteiger partial charge in [0.1, 0.15) is 22.7 Å². The standard InChI is InChI=1S/C20H25ClN2O2.2C10H9F3N2O2/c1-3-12-11-23-7-6-13(12)8-18(23)20(24)16-10-19(21)22-17-5-4-14(25-2)9-15(16)17;2*1-7(10(11,12)13)14-6-8-2-4-9(5-3-8)15(16)17/h4-5,9-10,12-13,18,20,24H,3,6-8,11H2,1-2H3;2-5H,6H2,1H3;2-7H,1H3/t12?,13?,18?,20-;;/m0../s1. The van der Waals surface area contributed by atoms with Crippen LogP contribution in [0, 0.1) is 32.1 Å². The van der Waals surface area contributed by atoms with Crippen molar-refractivity contribution in [3.63, 3.8) is 0 Å². The number of rotatable bonds is 10. The van der Waals surface area contributed by atoms with Gasteiger partial charge in [-0.15, -0.1) is 0 Å². The average molecular weight is 853 g/mol. The molecule has 4 heterocycles. The number of alkyl halides is 6. The number of nitrogens with zero attached hydrogens (tertiary/aromatic N) is 6. The summed E-state index contributed by atoms with van der Waals surface area (Å²) in [5.41, 5.74) is 1.38. The lowest BCUT2D eigenvalue weighted by atomic mass is 9.72. The van der Waals surface area contributed by atoms with Crippen LogP contribution in [0.5, 0.6) is 5.75 Å². The molecule has 6 atom stereocenters. The van der Waals surface area contributed by atoms with Gasteiger partial charge in [-0.2, -0.15) is 26.3 Å². The summed E-state index contributed by atoms with van der Waals surface area (Å²) in [5.74, 6) is 2.27. The zero-order valence-electron chi connectivity index (χ0n) is 32.5. The number of hydrogen-bond donors (Lipinski definition) is 1. The third-order valence-corrected chi connectivity index (χ3v) is 10.4. The molecular formula is C40H43ClF6N6O6. The molecule has 0 aliphatic carbocycles. The van der Waals surface area contributed by atoms with Gasteiger partial charge in [-0.3, -0.25) is 35.1 Å². The number of benzene rings is 3. The number of ether oxygens (including phenoxy) is 1. The monoisotopic (exact) mass is 852 g/mol. The van der Waals surface area contributed by atoms with Crippen LogP contribution in [0.4, 0.5) is 37.7 Å². The van der Waals surface area contributed by atoms with Gasteiger partial charge in [-0.25, -0.2) is 4.98 Å². The molecule has 59 heavy (non-hydrogen) atoms. The van der Waals surface area contributed by atoms with Crippen molar-refractivity contribution in [1.82, 2.24) is 9.88 Å². The van der Waals surface area contributed by atoms with Gasteiger partial charge in [0, 0.05) is 48.5 Å². The molecule has 4 aromatic rings. The average Bonchev–Trinajstić information content (AvgIpc) is 3.21. The first-order valence-electron chi connectivity index (χ1n) is 18.4. The topological polar surface area (TPSA) is 157 Å². The largest absolute Gasteiger partial charge is 0.497 e. The van der Waals surface area contributed by atoms with Gasteiger partial charge in [0.05, 0.1) is 35.1 Å². The highest BCUT2D eigenvalue weighted by molar-refractivity contribution is 6.30. The molecule has 5 unspecified atom stereocenters. The number of hydrogen-bond acceptors (Lipinski definition) is 10. The molecule has 2 bridgehead atoms. The van der Waals surface area contributed by atoms with Gasteiger partial charge in [-0.1, -0.05) is 37.1 Å². The molecule has 0 spiro atoms. The second-order valence-electron chi connectivity index (χ2n) is 14.0. The van der Waals surface area contributed by atoms with Crippen molar-refractivity contribution in [3.05, 3.63) is 115 Å². The smallest absolute Gasteiger partial charge is 0.428 e. The van der Waals surface area contributed by atoms with Gasteiger partial charge in [0.15, 0.2) is 0 Å². The molecule has 7 rings (SSSR count). The van der Waals surface area contributed by atoms with Gasteiger partial charge >= 0.3 is 12.4 Å². The van der Waals surface area contributed by atoms with E-state index >= 15 is 0 Å². The highest BCUT2D eigenvalue weighted by Crippen LogP contribution is 2.43. The number of halogens is 7. The molecule has 3 saturated heterocycles. The van der Waals surface area contributed by atoms with Gasteiger partial charge in [0.25, 0.3) is 11.4 Å². The van der Waals surface area contributed by atoms with Crippen molar-refractivity contribution >= 4 is 45.8 Å². The fourth-order valence-electron chi connectivity index (χ4n) is 6.73. The zero-order valence-corrected chi connectivity index (χ0v) is 33.2. The predicted molar refractivity (Wildman–Crippen MR) is 212 cm³/mol. The maximum atomic E-state index is 12.1. The normalized spacial score (nSPS) is 20.2. The first-order valence-corrected chi connectivity index (χ1v) is 18.8. The van der Waals surface area contributed by atoms with Crippen LogP contribution in [0.25, 0.3) is 10.9 Å². The van der Waals surface area contributed by atoms with Gasteiger partial charge in [-0.05, 0) is 98.2 Å². The highest BCUT2D eigenvalue weighted by Gasteiger charge is 2.42. The van der Waals surface area contributed by atoms with Crippen molar-refractivity contribution in [2.75, 3.05) is 20.2 Å². The maximum absolute atomic E-state index is 12.1. The molecule has 3 aliphatic rings. The van der Waals surface area contributed by atoms with Crippen molar-refractivity contribution in [3.8, 4) is 5.75 Å². The molecule has 1 N–H and O–H groups in total. The minimum absolute atomic E-state index is 0.106.